The third kappa shape index (κ3) is 4.40. The van der Waals surface area contributed by atoms with E-state index in [0.717, 1.165) is 38.0 Å². The van der Waals surface area contributed by atoms with E-state index >= 15 is 0 Å². The molecule has 186 valence electrons. The maximum atomic E-state index is 6.17. The molecular formula is C36H23Cl2N. The fourth-order valence-electron chi connectivity index (χ4n) is 5.38. The first-order valence-electron chi connectivity index (χ1n) is 12.9. The van der Waals surface area contributed by atoms with Crippen LogP contribution in [-0.4, -0.2) is 4.57 Å². The Balaban J connectivity index is 1.44. The molecule has 0 bridgehead atoms. The van der Waals surface area contributed by atoms with Gasteiger partial charge in [0.05, 0.1) is 11.0 Å². The Bertz CT molecular complexity index is 1830. The third-order valence-corrected chi connectivity index (χ3v) is 7.86. The van der Waals surface area contributed by atoms with Gasteiger partial charge in [-0.3, -0.25) is 0 Å². The normalized spacial score (nSPS) is 11.3. The Kier molecular flexibility index (Phi) is 5.97. The van der Waals surface area contributed by atoms with Gasteiger partial charge in [-0.25, -0.2) is 0 Å². The van der Waals surface area contributed by atoms with Crippen molar-refractivity contribution in [1.82, 2.24) is 4.57 Å². The number of nitrogens with zero attached hydrogens (tertiary/aromatic N) is 1. The molecule has 1 heterocycles. The average molecular weight is 540 g/mol. The molecule has 39 heavy (non-hydrogen) atoms. The van der Waals surface area contributed by atoms with Crippen LogP contribution in [0.3, 0.4) is 0 Å². The van der Waals surface area contributed by atoms with Crippen LogP contribution in [-0.2, 0) is 0 Å². The maximum absolute atomic E-state index is 6.17. The van der Waals surface area contributed by atoms with E-state index in [1.165, 1.54) is 32.9 Å². The standard InChI is InChI=1S/C36H23Cl2N/c37-30-14-6-26(7-15-30)28-12-20-35-33(22-28)34-23-29(27-8-16-31(38)17-9-27)13-21-36(34)39(35)32-18-10-25(11-19-32)24-4-2-1-3-5-24/h1-23H. The Morgan fingerprint density at radius 2 is 0.744 bits per heavy atom. The van der Waals surface area contributed by atoms with E-state index < -0.39 is 0 Å². The van der Waals surface area contributed by atoms with Gasteiger partial charge in [0.15, 0.2) is 0 Å². The fraction of sp³-hybridized carbons (Fsp3) is 0. The molecule has 0 N–H and O–H groups in total. The molecule has 0 unspecified atom stereocenters. The van der Waals surface area contributed by atoms with Crippen LogP contribution in [0.1, 0.15) is 0 Å². The van der Waals surface area contributed by atoms with Crippen LogP contribution in [0.25, 0.3) is 60.9 Å². The molecule has 0 saturated carbocycles. The summed E-state index contributed by atoms with van der Waals surface area (Å²) >= 11 is 12.3. The fourth-order valence-corrected chi connectivity index (χ4v) is 5.63. The monoisotopic (exact) mass is 539 g/mol. The van der Waals surface area contributed by atoms with Gasteiger partial charge in [-0.15, -0.1) is 0 Å². The number of rotatable bonds is 4. The van der Waals surface area contributed by atoms with Crippen molar-refractivity contribution < 1.29 is 0 Å². The Labute approximate surface area is 237 Å². The van der Waals surface area contributed by atoms with Crippen molar-refractivity contribution in [3.8, 4) is 39.1 Å². The van der Waals surface area contributed by atoms with E-state index in [1.54, 1.807) is 0 Å². The predicted octanol–water partition coefficient (Wildman–Crippen LogP) is 11.1. The maximum Gasteiger partial charge on any atom is 0.0541 e. The Morgan fingerprint density at radius 3 is 1.23 bits per heavy atom. The van der Waals surface area contributed by atoms with Crippen molar-refractivity contribution >= 4 is 45.0 Å². The zero-order valence-electron chi connectivity index (χ0n) is 21.0. The first kappa shape index (κ1) is 23.8. The molecule has 0 atom stereocenters. The average Bonchev–Trinajstić information content (AvgIpc) is 3.31. The highest BCUT2D eigenvalue weighted by atomic mass is 35.5. The van der Waals surface area contributed by atoms with Gasteiger partial charge in [-0.1, -0.05) is 102 Å². The predicted molar refractivity (Wildman–Crippen MR) is 167 cm³/mol. The lowest BCUT2D eigenvalue weighted by Gasteiger charge is -2.10. The SMILES string of the molecule is Clc1ccc(-c2ccc3c(c2)c2cc(-c4ccc(Cl)cc4)ccc2n3-c2ccc(-c3ccccc3)cc2)cc1. The second kappa shape index (κ2) is 9.78. The zero-order chi connectivity index (χ0) is 26.3. The number of aromatic nitrogens is 1. The summed E-state index contributed by atoms with van der Waals surface area (Å²) in [4.78, 5) is 0. The quantitative estimate of drug-likeness (QED) is 0.209. The lowest BCUT2D eigenvalue weighted by Crippen LogP contribution is -1.94. The molecular weight excluding hydrogens is 517 g/mol. The summed E-state index contributed by atoms with van der Waals surface area (Å²) in [5.41, 5.74) is 10.5. The number of hydrogen-bond donors (Lipinski definition) is 0. The molecule has 0 aliphatic carbocycles. The van der Waals surface area contributed by atoms with Crippen LogP contribution in [0.4, 0.5) is 0 Å². The van der Waals surface area contributed by atoms with E-state index in [0.29, 0.717) is 0 Å². The van der Waals surface area contributed by atoms with Crippen LogP contribution in [0.15, 0.2) is 140 Å². The van der Waals surface area contributed by atoms with Gasteiger partial charge in [0.25, 0.3) is 0 Å². The molecule has 1 aromatic heterocycles. The summed E-state index contributed by atoms with van der Waals surface area (Å²) in [5, 5.41) is 3.90. The summed E-state index contributed by atoms with van der Waals surface area (Å²) in [6, 6.07) is 48.8. The minimum absolute atomic E-state index is 0.739. The van der Waals surface area contributed by atoms with Crippen LogP contribution in [0.2, 0.25) is 10.0 Å². The molecule has 6 aromatic carbocycles. The molecule has 3 heteroatoms. The van der Waals surface area contributed by atoms with E-state index in [-0.39, 0.29) is 0 Å². The van der Waals surface area contributed by atoms with Gasteiger partial charge in [-0.2, -0.15) is 0 Å². The largest absolute Gasteiger partial charge is 0.309 e. The van der Waals surface area contributed by atoms with Gasteiger partial charge in [0.1, 0.15) is 0 Å². The summed E-state index contributed by atoms with van der Waals surface area (Å²) in [6.07, 6.45) is 0. The summed E-state index contributed by atoms with van der Waals surface area (Å²) in [7, 11) is 0. The highest BCUT2D eigenvalue weighted by Gasteiger charge is 2.15. The van der Waals surface area contributed by atoms with Gasteiger partial charge in [-0.05, 0) is 94.0 Å². The minimum atomic E-state index is 0.739. The van der Waals surface area contributed by atoms with E-state index in [1.807, 2.05) is 30.3 Å². The van der Waals surface area contributed by atoms with Crippen LogP contribution < -0.4 is 0 Å². The highest BCUT2D eigenvalue weighted by molar-refractivity contribution is 6.31. The number of halogens is 2. The molecule has 0 fully saturated rings. The van der Waals surface area contributed by atoms with Crippen LogP contribution >= 0.6 is 23.2 Å². The van der Waals surface area contributed by atoms with Gasteiger partial charge in [0.2, 0.25) is 0 Å². The van der Waals surface area contributed by atoms with E-state index in [2.05, 4.69) is 114 Å². The smallest absolute Gasteiger partial charge is 0.0541 e. The number of hydrogen-bond acceptors (Lipinski definition) is 0. The van der Waals surface area contributed by atoms with Crippen molar-refractivity contribution in [1.29, 1.82) is 0 Å². The van der Waals surface area contributed by atoms with Crippen molar-refractivity contribution in [3.05, 3.63) is 150 Å². The van der Waals surface area contributed by atoms with Crippen molar-refractivity contribution in [2.45, 2.75) is 0 Å². The zero-order valence-corrected chi connectivity index (χ0v) is 22.5. The van der Waals surface area contributed by atoms with Crippen LogP contribution in [0, 0.1) is 0 Å². The molecule has 0 aliphatic rings. The van der Waals surface area contributed by atoms with Crippen molar-refractivity contribution in [2.24, 2.45) is 0 Å². The molecule has 0 radical (unpaired) electrons. The topological polar surface area (TPSA) is 4.93 Å². The van der Waals surface area contributed by atoms with E-state index in [4.69, 9.17) is 23.2 Å². The summed E-state index contributed by atoms with van der Waals surface area (Å²) < 4.78 is 2.36. The first-order valence-corrected chi connectivity index (χ1v) is 13.7. The third-order valence-electron chi connectivity index (χ3n) is 7.35. The second-order valence-electron chi connectivity index (χ2n) is 9.73. The van der Waals surface area contributed by atoms with E-state index in [9.17, 15) is 0 Å². The molecule has 0 saturated heterocycles. The number of fused-ring (bicyclic) bond motifs is 3. The molecule has 7 rings (SSSR count). The molecule has 0 aliphatic heterocycles. The minimum Gasteiger partial charge on any atom is -0.309 e. The van der Waals surface area contributed by atoms with Gasteiger partial charge >= 0.3 is 0 Å². The molecule has 7 aromatic rings. The Hall–Kier alpha value is -4.30. The molecule has 1 nitrogen and oxygen atoms in total. The molecule has 0 spiro atoms. The van der Waals surface area contributed by atoms with Gasteiger partial charge in [0, 0.05) is 26.5 Å². The summed E-state index contributed by atoms with van der Waals surface area (Å²) in [6.45, 7) is 0. The Morgan fingerprint density at radius 1 is 0.359 bits per heavy atom. The highest BCUT2D eigenvalue weighted by Crippen LogP contribution is 2.37. The number of benzene rings is 6. The molecule has 0 amide bonds. The lowest BCUT2D eigenvalue weighted by atomic mass is 10.0. The summed E-state index contributed by atoms with van der Waals surface area (Å²) in [5.74, 6) is 0. The van der Waals surface area contributed by atoms with Crippen LogP contribution in [0.5, 0.6) is 0 Å². The lowest BCUT2D eigenvalue weighted by molar-refractivity contribution is 1.18. The second-order valence-corrected chi connectivity index (χ2v) is 10.6. The van der Waals surface area contributed by atoms with Crippen molar-refractivity contribution in [3.63, 3.8) is 0 Å². The van der Waals surface area contributed by atoms with Gasteiger partial charge < -0.3 is 4.57 Å². The first-order chi connectivity index (χ1) is 19.1. The van der Waals surface area contributed by atoms with Crippen molar-refractivity contribution in [2.75, 3.05) is 0 Å².